The van der Waals surface area contributed by atoms with Crippen LogP contribution in [0.3, 0.4) is 0 Å². The number of hydrogen-bond donors (Lipinski definition) is 2. The molecule has 0 atom stereocenters. The molecule has 4 N–H and O–H groups in total. The van der Waals surface area contributed by atoms with Crippen LogP contribution in [-0.2, 0) is 4.79 Å². The second kappa shape index (κ2) is 7.50. The SMILES string of the molecule is Cc1cc(-c2cnc(C)c(SN)c2)ccn1.NC=O. The second-order valence-corrected chi connectivity index (χ2v) is 4.42. The third kappa shape index (κ3) is 4.35. The van der Waals surface area contributed by atoms with Gasteiger partial charge in [-0.25, -0.2) is 0 Å². The van der Waals surface area contributed by atoms with Gasteiger partial charge in [0.2, 0.25) is 6.41 Å². The molecule has 0 aliphatic carbocycles. The van der Waals surface area contributed by atoms with E-state index in [1.165, 1.54) is 11.9 Å². The molecule has 0 aliphatic heterocycles. The molecule has 2 rings (SSSR count). The van der Waals surface area contributed by atoms with Gasteiger partial charge >= 0.3 is 0 Å². The lowest BCUT2D eigenvalue weighted by atomic mass is 10.1. The van der Waals surface area contributed by atoms with Gasteiger partial charge in [0, 0.05) is 28.5 Å². The Balaban J connectivity index is 0.000000550. The average molecular weight is 276 g/mol. The average Bonchev–Trinajstić information content (AvgIpc) is 2.40. The molecule has 19 heavy (non-hydrogen) atoms. The van der Waals surface area contributed by atoms with Crippen LogP contribution in [0, 0.1) is 13.8 Å². The third-order valence-corrected chi connectivity index (χ3v) is 3.06. The van der Waals surface area contributed by atoms with Crippen LogP contribution in [0.1, 0.15) is 11.4 Å². The van der Waals surface area contributed by atoms with Gasteiger partial charge in [-0.15, -0.1) is 0 Å². The van der Waals surface area contributed by atoms with Crippen molar-refractivity contribution >= 4 is 18.4 Å². The first-order valence-corrected chi connectivity index (χ1v) is 6.42. The van der Waals surface area contributed by atoms with Crippen molar-refractivity contribution in [1.82, 2.24) is 9.97 Å². The number of carbonyl (C=O) groups excluding carboxylic acids is 1. The first-order valence-electron chi connectivity index (χ1n) is 5.54. The molecule has 5 nitrogen and oxygen atoms in total. The predicted octanol–water partition coefficient (Wildman–Crippen LogP) is 1.83. The molecular formula is C13H16N4OS. The smallest absolute Gasteiger partial charge is 0.204 e. The highest BCUT2D eigenvalue weighted by atomic mass is 32.2. The van der Waals surface area contributed by atoms with Gasteiger partial charge in [0.05, 0.1) is 5.69 Å². The van der Waals surface area contributed by atoms with Crippen molar-refractivity contribution in [3.05, 3.63) is 42.0 Å². The van der Waals surface area contributed by atoms with Crippen LogP contribution in [0.4, 0.5) is 0 Å². The van der Waals surface area contributed by atoms with Gasteiger partial charge in [-0.05, 0) is 49.6 Å². The number of hydrogen-bond acceptors (Lipinski definition) is 5. The monoisotopic (exact) mass is 276 g/mol. The fourth-order valence-corrected chi connectivity index (χ4v) is 1.93. The van der Waals surface area contributed by atoms with E-state index in [2.05, 4.69) is 21.8 Å². The standard InChI is InChI=1S/C12H13N3S.CH3NO/c1-8-5-10(3-4-14-8)11-6-12(16-13)9(2)15-7-11;2-1-3/h3-7H,13H2,1-2H3;1H,(H2,2,3). The molecular weight excluding hydrogens is 260 g/mol. The normalized spacial score (nSPS) is 9.42. The van der Waals surface area contributed by atoms with E-state index in [4.69, 9.17) is 9.93 Å². The fourth-order valence-electron chi connectivity index (χ4n) is 1.52. The van der Waals surface area contributed by atoms with E-state index in [-0.39, 0.29) is 6.41 Å². The van der Waals surface area contributed by atoms with Crippen molar-refractivity contribution < 1.29 is 4.79 Å². The maximum absolute atomic E-state index is 8.58. The van der Waals surface area contributed by atoms with Crippen LogP contribution in [0.15, 0.2) is 35.5 Å². The number of amides is 1. The molecule has 0 bridgehead atoms. The number of nitrogens with zero attached hydrogens (tertiary/aromatic N) is 2. The second-order valence-electron chi connectivity index (χ2n) is 3.75. The molecule has 2 aromatic heterocycles. The minimum atomic E-state index is 0.250. The Labute approximate surface area is 116 Å². The van der Waals surface area contributed by atoms with Crippen LogP contribution < -0.4 is 10.9 Å². The van der Waals surface area contributed by atoms with Crippen molar-refractivity contribution in [2.45, 2.75) is 18.7 Å². The van der Waals surface area contributed by atoms with Crippen LogP contribution in [-0.4, -0.2) is 16.4 Å². The highest BCUT2D eigenvalue weighted by Gasteiger charge is 2.03. The number of aryl methyl sites for hydroxylation is 2. The summed E-state index contributed by atoms with van der Waals surface area (Å²) in [6, 6.07) is 6.07. The Hall–Kier alpha value is -1.92. The summed E-state index contributed by atoms with van der Waals surface area (Å²) in [6.45, 7) is 3.93. The van der Waals surface area contributed by atoms with E-state index in [9.17, 15) is 0 Å². The largest absolute Gasteiger partial charge is 0.372 e. The lowest BCUT2D eigenvalue weighted by Crippen LogP contribution is -1.91. The number of aromatic nitrogens is 2. The van der Waals surface area contributed by atoms with Crippen molar-refractivity contribution in [3.8, 4) is 11.1 Å². The molecule has 0 radical (unpaired) electrons. The summed E-state index contributed by atoms with van der Waals surface area (Å²) in [5, 5.41) is 5.59. The zero-order chi connectivity index (χ0) is 14.3. The van der Waals surface area contributed by atoms with E-state index in [0.29, 0.717) is 0 Å². The zero-order valence-corrected chi connectivity index (χ0v) is 11.6. The quantitative estimate of drug-likeness (QED) is 0.644. The maximum atomic E-state index is 8.58. The third-order valence-electron chi connectivity index (χ3n) is 2.40. The van der Waals surface area contributed by atoms with E-state index >= 15 is 0 Å². The molecule has 0 aliphatic rings. The molecule has 0 unspecified atom stereocenters. The molecule has 1 amide bonds. The Morgan fingerprint density at radius 3 is 2.47 bits per heavy atom. The fraction of sp³-hybridized carbons (Fsp3) is 0.154. The lowest BCUT2D eigenvalue weighted by molar-refractivity contribution is -0.106. The van der Waals surface area contributed by atoms with Gasteiger partial charge < -0.3 is 5.73 Å². The summed E-state index contributed by atoms with van der Waals surface area (Å²) in [6.07, 6.45) is 3.92. The van der Waals surface area contributed by atoms with E-state index in [1.54, 1.807) is 6.20 Å². The van der Waals surface area contributed by atoms with Gasteiger partial charge in [-0.1, -0.05) is 0 Å². The summed E-state index contributed by atoms with van der Waals surface area (Å²) < 4.78 is 0. The molecule has 6 heteroatoms. The minimum Gasteiger partial charge on any atom is -0.372 e. The predicted molar refractivity (Wildman–Crippen MR) is 77.2 cm³/mol. The number of primary amides is 1. The summed E-state index contributed by atoms with van der Waals surface area (Å²) in [4.78, 5) is 18.1. The first-order chi connectivity index (χ1) is 9.12. The Morgan fingerprint density at radius 2 is 1.89 bits per heavy atom. The topological polar surface area (TPSA) is 94.9 Å². The van der Waals surface area contributed by atoms with Gasteiger partial charge in [-0.3, -0.25) is 19.9 Å². The summed E-state index contributed by atoms with van der Waals surface area (Å²) >= 11 is 1.23. The van der Waals surface area contributed by atoms with Gasteiger partial charge in [0.15, 0.2) is 0 Å². The number of rotatable bonds is 2. The van der Waals surface area contributed by atoms with E-state index in [0.717, 1.165) is 27.4 Å². The Morgan fingerprint density at radius 1 is 1.21 bits per heavy atom. The van der Waals surface area contributed by atoms with Gasteiger partial charge in [-0.2, -0.15) is 0 Å². The molecule has 100 valence electrons. The molecule has 2 aromatic rings. The van der Waals surface area contributed by atoms with E-state index < -0.39 is 0 Å². The van der Waals surface area contributed by atoms with Crippen LogP contribution in [0.5, 0.6) is 0 Å². The summed E-state index contributed by atoms with van der Waals surface area (Å²) in [5.41, 5.74) is 8.32. The highest BCUT2D eigenvalue weighted by molar-refractivity contribution is 7.97. The summed E-state index contributed by atoms with van der Waals surface area (Å²) in [5.74, 6) is 0. The molecule has 0 fully saturated rings. The molecule has 0 spiro atoms. The van der Waals surface area contributed by atoms with Crippen molar-refractivity contribution in [2.24, 2.45) is 10.9 Å². The van der Waals surface area contributed by atoms with Crippen LogP contribution in [0.25, 0.3) is 11.1 Å². The highest BCUT2D eigenvalue weighted by Crippen LogP contribution is 2.24. The minimum absolute atomic E-state index is 0.250. The molecule has 2 heterocycles. The van der Waals surface area contributed by atoms with Crippen LogP contribution in [0.2, 0.25) is 0 Å². The van der Waals surface area contributed by atoms with Gasteiger partial charge in [0.25, 0.3) is 0 Å². The zero-order valence-electron chi connectivity index (χ0n) is 10.8. The lowest BCUT2D eigenvalue weighted by Gasteiger charge is -2.06. The van der Waals surface area contributed by atoms with Gasteiger partial charge in [0.1, 0.15) is 0 Å². The summed E-state index contributed by atoms with van der Waals surface area (Å²) in [7, 11) is 0. The first kappa shape index (κ1) is 15.1. The van der Waals surface area contributed by atoms with E-state index in [1.807, 2.05) is 32.2 Å². The number of pyridine rings is 2. The van der Waals surface area contributed by atoms with Crippen molar-refractivity contribution in [2.75, 3.05) is 0 Å². The van der Waals surface area contributed by atoms with Crippen molar-refractivity contribution in [3.63, 3.8) is 0 Å². The molecule has 0 aromatic carbocycles. The Bertz CT molecular complexity index is 560. The molecule has 0 saturated heterocycles. The maximum Gasteiger partial charge on any atom is 0.204 e. The van der Waals surface area contributed by atoms with Crippen molar-refractivity contribution in [1.29, 1.82) is 0 Å². The van der Waals surface area contributed by atoms with Crippen LogP contribution >= 0.6 is 11.9 Å². The number of carbonyl (C=O) groups is 1. The number of nitrogens with two attached hydrogens (primary N) is 2. The Kier molecular flexibility index (Phi) is 5.98. The molecule has 0 saturated carbocycles.